The van der Waals surface area contributed by atoms with Gasteiger partial charge in [-0.05, 0) is 30.0 Å². The summed E-state index contributed by atoms with van der Waals surface area (Å²) in [6.07, 6.45) is 0. The van der Waals surface area contributed by atoms with Gasteiger partial charge < -0.3 is 11.1 Å². The van der Waals surface area contributed by atoms with Gasteiger partial charge in [0.25, 0.3) is 0 Å². The van der Waals surface area contributed by atoms with Crippen LogP contribution in [0.4, 0.5) is 4.39 Å². The highest BCUT2D eigenvalue weighted by atomic mass is 19.1. The lowest BCUT2D eigenvalue weighted by molar-refractivity contribution is -0.125. The zero-order valence-corrected chi connectivity index (χ0v) is 11.3. The molecule has 1 aromatic carbocycles. The summed E-state index contributed by atoms with van der Waals surface area (Å²) < 4.78 is 13.1. The van der Waals surface area contributed by atoms with Crippen LogP contribution in [-0.4, -0.2) is 11.9 Å². The van der Waals surface area contributed by atoms with Gasteiger partial charge in [-0.2, -0.15) is 0 Å². The summed E-state index contributed by atoms with van der Waals surface area (Å²) in [5, 5.41) is 2.80. The van der Waals surface area contributed by atoms with Crippen molar-refractivity contribution in [2.24, 2.45) is 11.1 Å². The van der Waals surface area contributed by atoms with E-state index in [-0.39, 0.29) is 23.2 Å². The van der Waals surface area contributed by atoms with E-state index in [1.54, 1.807) is 12.1 Å². The molecule has 3 nitrogen and oxygen atoms in total. The van der Waals surface area contributed by atoms with Gasteiger partial charge >= 0.3 is 0 Å². The smallest absolute Gasteiger partial charge is 0.237 e. The molecule has 0 aliphatic rings. The van der Waals surface area contributed by atoms with Gasteiger partial charge in [0.1, 0.15) is 5.82 Å². The third-order valence-corrected chi connectivity index (χ3v) is 2.92. The van der Waals surface area contributed by atoms with Gasteiger partial charge in [-0.25, -0.2) is 4.39 Å². The zero-order chi connectivity index (χ0) is 13.9. The van der Waals surface area contributed by atoms with Gasteiger partial charge in [-0.15, -0.1) is 0 Å². The Morgan fingerprint density at radius 1 is 1.39 bits per heavy atom. The van der Waals surface area contributed by atoms with E-state index in [4.69, 9.17) is 5.73 Å². The van der Waals surface area contributed by atoms with Crippen LogP contribution in [0.3, 0.4) is 0 Å². The van der Waals surface area contributed by atoms with Crippen molar-refractivity contribution in [3.63, 3.8) is 0 Å². The molecule has 0 aromatic heterocycles. The number of amides is 1. The number of rotatable bonds is 3. The third-order valence-electron chi connectivity index (χ3n) is 2.92. The Hall–Kier alpha value is -1.42. The first-order valence-electron chi connectivity index (χ1n) is 6.03. The molecule has 0 spiro atoms. The van der Waals surface area contributed by atoms with Crippen LogP contribution in [-0.2, 0) is 4.79 Å². The molecular weight excluding hydrogens is 231 g/mol. The van der Waals surface area contributed by atoms with Crippen molar-refractivity contribution in [2.75, 3.05) is 0 Å². The number of hydrogen-bond donors (Lipinski definition) is 2. The number of halogens is 1. The summed E-state index contributed by atoms with van der Waals surface area (Å²) in [6, 6.07) is 5.33. The first-order valence-corrected chi connectivity index (χ1v) is 6.03. The Kier molecular flexibility index (Phi) is 4.46. The molecule has 0 saturated carbocycles. The maximum Gasteiger partial charge on any atom is 0.237 e. The van der Waals surface area contributed by atoms with Crippen LogP contribution in [0, 0.1) is 11.2 Å². The monoisotopic (exact) mass is 252 g/mol. The Balaban J connectivity index is 2.71. The van der Waals surface area contributed by atoms with Gasteiger partial charge in [-0.3, -0.25) is 4.79 Å². The van der Waals surface area contributed by atoms with Crippen LogP contribution in [0.25, 0.3) is 0 Å². The second-order valence-electron chi connectivity index (χ2n) is 5.63. The maximum atomic E-state index is 13.1. The standard InChI is InChI=1S/C14H21FN2O/c1-9(10-6-5-7-11(15)8-10)17-13(18)12(16)14(2,3)4/h5-9,12H,16H2,1-4H3,(H,17,18)/t9?,12-/m0/s1. The fourth-order valence-electron chi connectivity index (χ4n) is 1.56. The molecule has 0 radical (unpaired) electrons. The lowest BCUT2D eigenvalue weighted by Crippen LogP contribution is -2.49. The summed E-state index contributed by atoms with van der Waals surface area (Å²) in [5.41, 5.74) is 6.29. The summed E-state index contributed by atoms with van der Waals surface area (Å²) >= 11 is 0. The highest BCUT2D eigenvalue weighted by Crippen LogP contribution is 2.19. The number of benzene rings is 1. The Morgan fingerprint density at radius 3 is 2.50 bits per heavy atom. The van der Waals surface area contributed by atoms with E-state index in [0.717, 1.165) is 5.56 Å². The Labute approximate surface area is 108 Å². The number of nitrogens with one attached hydrogen (secondary N) is 1. The molecule has 0 fully saturated rings. The summed E-state index contributed by atoms with van der Waals surface area (Å²) in [4.78, 5) is 11.9. The van der Waals surface area contributed by atoms with Crippen LogP contribution in [0.15, 0.2) is 24.3 Å². The molecule has 18 heavy (non-hydrogen) atoms. The molecule has 0 aliphatic carbocycles. The quantitative estimate of drug-likeness (QED) is 0.867. The van der Waals surface area contributed by atoms with E-state index in [2.05, 4.69) is 5.32 Å². The molecule has 100 valence electrons. The summed E-state index contributed by atoms with van der Waals surface area (Å²) in [7, 11) is 0. The van der Waals surface area contributed by atoms with E-state index in [1.807, 2.05) is 27.7 Å². The minimum absolute atomic E-state index is 0.223. The van der Waals surface area contributed by atoms with Crippen molar-refractivity contribution in [2.45, 2.75) is 39.8 Å². The molecule has 3 N–H and O–H groups in total. The molecule has 0 bridgehead atoms. The first-order chi connectivity index (χ1) is 8.21. The molecule has 4 heteroatoms. The topological polar surface area (TPSA) is 55.1 Å². The number of carbonyl (C=O) groups is 1. The Morgan fingerprint density at radius 2 is 2.00 bits per heavy atom. The fourth-order valence-corrected chi connectivity index (χ4v) is 1.56. The SMILES string of the molecule is CC(NC(=O)[C@H](N)C(C)(C)C)c1cccc(F)c1. The summed E-state index contributed by atoms with van der Waals surface area (Å²) in [6.45, 7) is 7.53. The fraction of sp³-hybridized carbons (Fsp3) is 0.500. The molecule has 0 aliphatic heterocycles. The molecule has 0 heterocycles. The summed E-state index contributed by atoms with van der Waals surface area (Å²) in [5.74, 6) is -0.534. The normalized spacial score (nSPS) is 15.0. The zero-order valence-electron chi connectivity index (χ0n) is 11.3. The minimum atomic E-state index is -0.589. The van der Waals surface area contributed by atoms with Crippen molar-refractivity contribution in [3.8, 4) is 0 Å². The predicted octanol–water partition coefficient (Wildman–Crippen LogP) is 2.38. The van der Waals surface area contributed by atoms with Gasteiger partial charge in [-0.1, -0.05) is 32.9 Å². The average molecular weight is 252 g/mol. The minimum Gasteiger partial charge on any atom is -0.348 e. The van der Waals surface area contributed by atoms with Crippen molar-refractivity contribution in [1.29, 1.82) is 0 Å². The van der Waals surface area contributed by atoms with E-state index < -0.39 is 6.04 Å². The van der Waals surface area contributed by atoms with Crippen LogP contribution >= 0.6 is 0 Å². The molecule has 0 saturated heterocycles. The van der Waals surface area contributed by atoms with Crippen molar-refractivity contribution in [1.82, 2.24) is 5.32 Å². The van der Waals surface area contributed by atoms with Crippen LogP contribution in [0.2, 0.25) is 0 Å². The maximum absolute atomic E-state index is 13.1. The lowest BCUT2D eigenvalue weighted by atomic mass is 9.86. The predicted molar refractivity (Wildman–Crippen MR) is 70.4 cm³/mol. The lowest BCUT2D eigenvalue weighted by Gasteiger charge is -2.27. The van der Waals surface area contributed by atoms with Crippen molar-refractivity contribution >= 4 is 5.91 Å². The van der Waals surface area contributed by atoms with Crippen LogP contribution in [0.5, 0.6) is 0 Å². The van der Waals surface area contributed by atoms with Crippen LogP contribution < -0.4 is 11.1 Å². The highest BCUT2D eigenvalue weighted by molar-refractivity contribution is 5.82. The second-order valence-corrected chi connectivity index (χ2v) is 5.63. The van der Waals surface area contributed by atoms with E-state index in [1.165, 1.54) is 12.1 Å². The molecule has 1 amide bonds. The largest absolute Gasteiger partial charge is 0.348 e. The number of carbonyl (C=O) groups excluding carboxylic acids is 1. The molecule has 1 aromatic rings. The number of nitrogens with two attached hydrogens (primary N) is 1. The van der Waals surface area contributed by atoms with E-state index in [9.17, 15) is 9.18 Å². The number of hydrogen-bond acceptors (Lipinski definition) is 2. The van der Waals surface area contributed by atoms with Gasteiger partial charge in [0.2, 0.25) is 5.91 Å². The Bertz CT molecular complexity index is 426. The van der Waals surface area contributed by atoms with Gasteiger partial charge in [0, 0.05) is 0 Å². The van der Waals surface area contributed by atoms with Crippen molar-refractivity contribution < 1.29 is 9.18 Å². The molecule has 2 atom stereocenters. The van der Waals surface area contributed by atoms with Gasteiger partial charge in [0.15, 0.2) is 0 Å². The highest BCUT2D eigenvalue weighted by Gasteiger charge is 2.28. The molecular formula is C14H21FN2O. The van der Waals surface area contributed by atoms with Crippen LogP contribution in [0.1, 0.15) is 39.3 Å². The molecule has 1 rings (SSSR count). The van der Waals surface area contributed by atoms with E-state index >= 15 is 0 Å². The third kappa shape index (κ3) is 3.81. The first kappa shape index (κ1) is 14.6. The van der Waals surface area contributed by atoms with Gasteiger partial charge in [0.05, 0.1) is 12.1 Å². The van der Waals surface area contributed by atoms with Crippen molar-refractivity contribution in [3.05, 3.63) is 35.6 Å². The van der Waals surface area contributed by atoms with E-state index in [0.29, 0.717) is 0 Å². The average Bonchev–Trinajstić information content (AvgIpc) is 2.26. The second kappa shape index (κ2) is 5.48. The molecule has 1 unspecified atom stereocenters.